The van der Waals surface area contributed by atoms with E-state index in [0.29, 0.717) is 22.6 Å². The number of carbonyl (C=O) groups excluding carboxylic acids is 1. The molecule has 0 radical (unpaired) electrons. The van der Waals surface area contributed by atoms with Crippen molar-refractivity contribution in [2.24, 2.45) is 0 Å². The lowest BCUT2D eigenvalue weighted by molar-refractivity contribution is -0.132. The summed E-state index contributed by atoms with van der Waals surface area (Å²) in [6, 6.07) is 13.3. The molecule has 0 spiro atoms. The minimum absolute atomic E-state index is 0.268. The molecule has 0 aromatic heterocycles. The van der Waals surface area contributed by atoms with Gasteiger partial charge in [-0.25, -0.2) is 4.79 Å². The standard InChI is InChI=1S/C18H17NO5/c1-23-14-8-9-16(24-2)13(10-14)11-15(18(21)22)19-17(20)12-6-4-3-5-7-12/h3-11H,1-2H3,(H,19,20)(H,21,22). The molecular weight excluding hydrogens is 310 g/mol. The van der Waals surface area contributed by atoms with Gasteiger partial charge in [0.05, 0.1) is 14.2 Å². The van der Waals surface area contributed by atoms with Crippen molar-refractivity contribution < 1.29 is 24.2 Å². The minimum Gasteiger partial charge on any atom is -0.497 e. The number of hydrogen-bond acceptors (Lipinski definition) is 4. The zero-order chi connectivity index (χ0) is 17.5. The second-order valence-corrected chi connectivity index (χ2v) is 4.79. The monoisotopic (exact) mass is 327 g/mol. The van der Waals surface area contributed by atoms with E-state index in [1.807, 2.05) is 0 Å². The van der Waals surface area contributed by atoms with E-state index in [1.165, 1.54) is 20.3 Å². The predicted molar refractivity (Wildman–Crippen MR) is 89.1 cm³/mol. The van der Waals surface area contributed by atoms with Gasteiger partial charge in [0, 0.05) is 11.1 Å². The smallest absolute Gasteiger partial charge is 0.352 e. The second kappa shape index (κ2) is 7.82. The Kier molecular flexibility index (Phi) is 5.57. The first-order valence-electron chi connectivity index (χ1n) is 7.08. The van der Waals surface area contributed by atoms with E-state index in [0.717, 1.165) is 0 Å². The van der Waals surface area contributed by atoms with Gasteiger partial charge in [0.1, 0.15) is 17.2 Å². The first-order valence-corrected chi connectivity index (χ1v) is 7.08. The summed E-state index contributed by atoms with van der Waals surface area (Å²) < 4.78 is 10.3. The average Bonchev–Trinajstić information content (AvgIpc) is 2.61. The molecule has 2 aromatic rings. The van der Waals surface area contributed by atoms with Crippen LogP contribution in [0.5, 0.6) is 11.5 Å². The molecule has 2 N–H and O–H groups in total. The molecule has 0 aliphatic heterocycles. The van der Waals surface area contributed by atoms with Gasteiger partial charge in [0.25, 0.3) is 5.91 Å². The second-order valence-electron chi connectivity index (χ2n) is 4.79. The van der Waals surface area contributed by atoms with Crippen molar-refractivity contribution in [1.82, 2.24) is 5.32 Å². The third-order valence-corrected chi connectivity index (χ3v) is 3.25. The molecule has 0 saturated heterocycles. The first kappa shape index (κ1) is 17.1. The topological polar surface area (TPSA) is 84.9 Å². The Morgan fingerprint density at radius 2 is 1.75 bits per heavy atom. The van der Waals surface area contributed by atoms with Crippen LogP contribution in [0.1, 0.15) is 15.9 Å². The molecule has 0 unspecified atom stereocenters. The Hall–Kier alpha value is -3.28. The van der Waals surface area contributed by atoms with Gasteiger partial charge < -0.3 is 19.9 Å². The maximum atomic E-state index is 12.2. The molecule has 124 valence electrons. The summed E-state index contributed by atoms with van der Waals surface area (Å²) >= 11 is 0. The van der Waals surface area contributed by atoms with E-state index in [-0.39, 0.29) is 5.70 Å². The fraction of sp³-hybridized carbons (Fsp3) is 0.111. The molecule has 2 aromatic carbocycles. The van der Waals surface area contributed by atoms with Gasteiger partial charge in [-0.1, -0.05) is 18.2 Å². The third kappa shape index (κ3) is 4.13. The summed E-state index contributed by atoms with van der Waals surface area (Å²) in [5.74, 6) is -0.764. The van der Waals surface area contributed by atoms with Crippen molar-refractivity contribution >= 4 is 18.0 Å². The van der Waals surface area contributed by atoms with E-state index in [9.17, 15) is 14.7 Å². The Morgan fingerprint density at radius 1 is 1.04 bits per heavy atom. The van der Waals surface area contributed by atoms with Gasteiger partial charge in [0.2, 0.25) is 0 Å². The van der Waals surface area contributed by atoms with Crippen molar-refractivity contribution in [2.75, 3.05) is 14.2 Å². The van der Waals surface area contributed by atoms with E-state index >= 15 is 0 Å². The summed E-state index contributed by atoms with van der Waals surface area (Å²) in [4.78, 5) is 23.6. The first-order chi connectivity index (χ1) is 11.5. The lowest BCUT2D eigenvalue weighted by atomic mass is 10.1. The van der Waals surface area contributed by atoms with Crippen molar-refractivity contribution in [3.63, 3.8) is 0 Å². The fourth-order valence-electron chi connectivity index (χ4n) is 2.04. The molecule has 0 aliphatic carbocycles. The largest absolute Gasteiger partial charge is 0.497 e. The van der Waals surface area contributed by atoms with Gasteiger partial charge in [-0.3, -0.25) is 4.79 Å². The van der Waals surface area contributed by atoms with Gasteiger partial charge in [0.15, 0.2) is 0 Å². The number of nitrogens with one attached hydrogen (secondary N) is 1. The van der Waals surface area contributed by atoms with Crippen LogP contribution < -0.4 is 14.8 Å². The van der Waals surface area contributed by atoms with E-state index in [2.05, 4.69) is 5.32 Å². The molecule has 0 atom stereocenters. The Labute approximate surface area is 139 Å². The fourth-order valence-corrected chi connectivity index (χ4v) is 2.04. The van der Waals surface area contributed by atoms with Crippen LogP contribution in [0.15, 0.2) is 54.2 Å². The zero-order valence-electron chi connectivity index (χ0n) is 13.3. The highest BCUT2D eigenvalue weighted by Gasteiger charge is 2.14. The van der Waals surface area contributed by atoms with E-state index < -0.39 is 11.9 Å². The Balaban J connectivity index is 2.35. The van der Waals surface area contributed by atoms with Gasteiger partial charge >= 0.3 is 5.97 Å². The number of amides is 1. The number of carbonyl (C=O) groups is 2. The van der Waals surface area contributed by atoms with Crippen molar-refractivity contribution in [3.05, 3.63) is 65.4 Å². The molecule has 0 fully saturated rings. The molecule has 0 bridgehead atoms. The lowest BCUT2D eigenvalue weighted by Crippen LogP contribution is -2.27. The van der Waals surface area contributed by atoms with Crippen molar-refractivity contribution in [3.8, 4) is 11.5 Å². The van der Waals surface area contributed by atoms with Crippen molar-refractivity contribution in [1.29, 1.82) is 0 Å². The van der Waals surface area contributed by atoms with Crippen LogP contribution in [-0.2, 0) is 4.79 Å². The molecule has 2 rings (SSSR count). The number of rotatable bonds is 6. The quantitative estimate of drug-likeness (QED) is 0.797. The summed E-state index contributed by atoms with van der Waals surface area (Å²) in [6.07, 6.45) is 1.32. The summed E-state index contributed by atoms with van der Waals surface area (Å²) in [7, 11) is 2.98. The maximum absolute atomic E-state index is 12.2. The summed E-state index contributed by atoms with van der Waals surface area (Å²) in [5.41, 5.74) is 0.570. The lowest BCUT2D eigenvalue weighted by Gasteiger charge is -2.10. The van der Waals surface area contributed by atoms with Gasteiger partial charge in [-0.05, 0) is 36.4 Å². The normalized spacial score (nSPS) is 10.8. The van der Waals surface area contributed by atoms with Crippen LogP contribution in [0.25, 0.3) is 6.08 Å². The molecule has 6 heteroatoms. The van der Waals surface area contributed by atoms with Gasteiger partial charge in [-0.2, -0.15) is 0 Å². The molecule has 1 amide bonds. The van der Waals surface area contributed by atoms with Crippen LogP contribution in [0.4, 0.5) is 0 Å². The van der Waals surface area contributed by atoms with Gasteiger partial charge in [-0.15, -0.1) is 0 Å². The molecule has 0 aliphatic rings. The third-order valence-electron chi connectivity index (χ3n) is 3.25. The highest BCUT2D eigenvalue weighted by Crippen LogP contribution is 2.26. The average molecular weight is 327 g/mol. The maximum Gasteiger partial charge on any atom is 0.352 e. The highest BCUT2D eigenvalue weighted by molar-refractivity contribution is 6.02. The molecule has 6 nitrogen and oxygen atoms in total. The Morgan fingerprint density at radius 3 is 2.33 bits per heavy atom. The number of carboxylic acids is 1. The number of methoxy groups -OCH3 is 2. The van der Waals surface area contributed by atoms with E-state index in [1.54, 1.807) is 48.5 Å². The number of benzene rings is 2. The number of hydrogen-bond donors (Lipinski definition) is 2. The van der Waals surface area contributed by atoms with Crippen LogP contribution in [0, 0.1) is 0 Å². The van der Waals surface area contributed by atoms with Crippen LogP contribution in [0.3, 0.4) is 0 Å². The predicted octanol–water partition coefficient (Wildman–Crippen LogP) is 2.56. The SMILES string of the molecule is COc1ccc(OC)c(C=C(NC(=O)c2ccccc2)C(=O)O)c1. The number of carboxylic acid groups (broad SMARTS) is 1. The van der Waals surface area contributed by atoms with Crippen LogP contribution >= 0.6 is 0 Å². The van der Waals surface area contributed by atoms with E-state index in [4.69, 9.17) is 9.47 Å². The summed E-state index contributed by atoms with van der Waals surface area (Å²) in [5, 5.41) is 11.8. The summed E-state index contributed by atoms with van der Waals surface area (Å²) in [6.45, 7) is 0. The molecule has 0 saturated carbocycles. The number of ether oxygens (including phenoxy) is 2. The zero-order valence-corrected chi connectivity index (χ0v) is 13.3. The number of aliphatic carboxylic acids is 1. The van der Waals surface area contributed by atoms with Crippen LogP contribution in [-0.4, -0.2) is 31.2 Å². The van der Waals surface area contributed by atoms with Crippen molar-refractivity contribution in [2.45, 2.75) is 0 Å². The molecular formula is C18H17NO5. The minimum atomic E-state index is -1.26. The Bertz CT molecular complexity index is 768. The molecule has 24 heavy (non-hydrogen) atoms. The van der Waals surface area contributed by atoms with Crippen LogP contribution in [0.2, 0.25) is 0 Å². The highest BCUT2D eigenvalue weighted by atomic mass is 16.5. The molecule has 0 heterocycles.